The molecular formula is C24H28N6O2. The molecule has 8 heteroatoms. The highest BCUT2D eigenvalue weighted by molar-refractivity contribution is 5.84. The topological polar surface area (TPSA) is 100 Å². The number of hydrogen-bond donors (Lipinski definition) is 3. The Kier molecular flexibility index (Phi) is 6.69. The van der Waals surface area contributed by atoms with Gasteiger partial charge in [-0.2, -0.15) is 5.10 Å². The first-order valence-corrected chi connectivity index (χ1v) is 10.8. The largest absolute Gasteiger partial charge is 0.490 e. The zero-order valence-corrected chi connectivity index (χ0v) is 18.6. The fraction of sp³-hybridized carbons (Fsp3) is 0.292. The number of fused-ring (bicyclic) bond motifs is 1. The van der Waals surface area contributed by atoms with Crippen molar-refractivity contribution in [2.45, 2.75) is 33.4 Å². The highest BCUT2D eigenvalue weighted by Crippen LogP contribution is 2.31. The predicted octanol–water partition coefficient (Wildman–Crippen LogP) is 4.43. The van der Waals surface area contributed by atoms with Crippen molar-refractivity contribution in [3.8, 4) is 17.1 Å². The van der Waals surface area contributed by atoms with E-state index in [1.54, 1.807) is 0 Å². The SMILES string of the molecule is CCNC(=NCc1cccc(-c2ncn[nH]2)c1)NC(C)c1cc2cccc(OCC)c2o1. The van der Waals surface area contributed by atoms with Gasteiger partial charge in [0.15, 0.2) is 23.1 Å². The summed E-state index contributed by atoms with van der Waals surface area (Å²) < 4.78 is 11.8. The number of benzene rings is 2. The van der Waals surface area contributed by atoms with Crippen LogP contribution in [0.4, 0.5) is 0 Å². The number of nitrogens with one attached hydrogen (secondary N) is 3. The van der Waals surface area contributed by atoms with Crippen LogP contribution in [0.2, 0.25) is 0 Å². The molecule has 0 aliphatic rings. The van der Waals surface area contributed by atoms with Gasteiger partial charge in [0, 0.05) is 17.5 Å². The third kappa shape index (κ3) is 4.91. The number of nitrogens with zero attached hydrogens (tertiary/aromatic N) is 3. The second-order valence-electron chi connectivity index (χ2n) is 7.35. The van der Waals surface area contributed by atoms with Crippen molar-refractivity contribution in [1.82, 2.24) is 25.8 Å². The number of H-pyrrole nitrogens is 1. The van der Waals surface area contributed by atoms with Crippen LogP contribution >= 0.6 is 0 Å². The smallest absolute Gasteiger partial charge is 0.192 e. The first-order chi connectivity index (χ1) is 15.7. The molecule has 2 heterocycles. The lowest BCUT2D eigenvalue weighted by molar-refractivity contribution is 0.336. The van der Waals surface area contributed by atoms with Gasteiger partial charge in [-0.3, -0.25) is 5.10 Å². The van der Waals surface area contributed by atoms with E-state index >= 15 is 0 Å². The summed E-state index contributed by atoms with van der Waals surface area (Å²) in [5.74, 6) is 3.04. The summed E-state index contributed by atoms with van der Waals surface area (Å²) in [6.07, 6.45) is 1.50. The van der Waals surface area contributed by atoms with Crippen molar-refractivity contribution in [3.63, 3.8) is 0 Å². The highest BCUT2D eigenvalue weighted by atomic mass is 16.5. The molecular weight excluding hydrogens is 404 g/mol. The molecule has 0 radical (unpaired) electrons. The molecule has 2 aromatic heterocycles. The van der Waals surface area contributed by atoms with Crippen LogP contribution < -0.4 is 15.4 Å². The molecule has 0 fully saturated rings. The van der Waals surface area contributed by atoms with Crippen molar-refractivity contribution in [2.24, 2.45) is 4.99 Å². The van der Waals surface area contributed by atoms with Crippen molar-refractivity contribution >= 4 is 16.9 Å². The first-order valence-electron chi connectivity index (χ1n) is 10.8. The Morgan fingerprint density at radius 1 is 1.19 bits per heavy atom. The Balaban J connectivity index is 1.49. The monoisotopic (exact) mass is 432 g/mol. The summed E-state index contributed by atoms with van der Waals surface area (Å²) in [5.41, 5.74) is 2.83. The van der Waals surface area contributed by atoms with Crippen LogP contribution in [-0.2, 0) is 6.54 Å². The standard InChI is InChI=1S/C24H28N6O2/c1-4-25-24(26-14-17-8-6-10-19(12-17)23-27-15-28-30-23)29-16(3)21-13-18-9-7-11-20(31-5-2)22(18)32-21/h6-13,15-16H,4-5,14H2,1-3H3,(H2,25,26,29)(H,27,28,30). The van der Waals surface area contributed by atoms with Crippen LogP contribution in [0.25, 0.3) is 22.4 Å². The van der Waals surface area contributed by atoms with E-state index in [4.69, 9.17) is 14.1 Å². The van der Waals surface area contributed by atoms with E-state index in [2.05, 4.69) is 38.8 Å². The fourth-order valence-electron chi connectivity index (χ4n) is 3.47. The lowest BCUT2D eigenvalue weighted by Gasteiger charge is -2.16. The molecule has 4 aromatic rings. The van der Waals surface area contributed by atoms with E-state index in [0.29, 0.717) is 13.2 Å². The average molecular weight is 433 g/mol. The zero-order chi connectivity index (χ0) is 22.3. The van der Waals surface area contributed by atoms with Gasteiger partial charge in [-0.1, -0.05) is 30.3 Å². The maximum absolute atomic E-state index is 6.13. The van der Waals surface area contributed by atoms with Gasteiger partial charge in [0.25, 0.3) is 0 Å². The third-order valence-electron chi connectivity index (χ3n) is 4.99. The van der Waals surface area contributed by atoms with Crippen LogP contribution in [0.5, 0.6) is 5.75 Å². The number of aliphatic imine (C=N–C) groups is 1. The van der Waals surface area contributed by atoms with Crippen LogP contribution in [0, 0.1) is 0 Å². The van der Waals surface area contributed by atoms with Crippen LogP contribution in [0.1, 0.15) is 38.1 Å². The number of aromatic amines is 1. The predicted molar refractivity (Wildman–Crippen MR) is 126 cm³/mol. The Hall–Kier alpha value is -3.81. The van der Waals surface area contributed by atoms with Crippen LogP contribution in [-0.4, -0.2) is 34.3 Å². The van der Waals surface area contributed by atoms with E-state index in [0.717, 1.165) is 51.9 Å². The molecule has 1 atom stereocenters. The Morgan fingerprint density at radius 3 is 2.84 bits per heavy atom. The minimum Gasteiger partial charge on any atom is -0.490 e. The van der Waals surface area contributed by atoms with Crippen LogP contribution in [0.3, 0.4) is 0 Å². The molecule has 3 N–H and O–H groups in total. The maximum Gasteiger partial charge on any atom is 0.192 e. The second kappa shape index (κ2) is 10.00. The van der Waals surface area contributed by atoms with Gasteiger partial charge in [0.2, 0.25) is 0 Å². The molecule has 8 nitrogen and oxygen atoms in total. The van der Waals surface area contributed by atoms with Gasteiger partial charge in [-0.25, -0.2) is 9.98 Å². The van der Waals surface area contributed by atoms with Crippen molar-refractivity contribution in [1.29, 1.82) is 0 Å². The van der Waals surface area contributed by atoms with E-state index < -0.39 is 0 Å². The highest BCUT2D eigenvalue weighted by Gasteiger charge is 2.15. The molecule has 32 heavy (non-hydrogen) atoms. The number of ether oxygens (including phenoxy) is 1. The molecule has 166 valence electrons. The summed E-state index contributed by atoms with van der Waals surface area (Å²) >= 11 is 0. The second-order valence-corrected chi connectivity index (χ2v) is 7.35. The van der Waals surface area contributed by atoms with Gasteiger partial charge >= 0.3 is 0 Å². The Morgan fingerprint density at radius 2 is 2.06 bits per heavy atom. The van der Waals surface area contributed by atoms with Gasteiger partial charge in [0.1, 0.15) is 12.1 Å². The van der Waals surface area contributed by atoms with Crippen molar-refractivity contribution in [2.75, 3.05) is 13.2 Å². The van der Waals surface area contributed by atoms with E-state index in [1.165, 1.54) is 6.33 Å². The molecule has 0 aliphatic heterocycles. The molecule has 0 amide bonds. The Labute approximate surface area is 187 Å². The number of furan rings is 1. The summed E-state index contributed by atoms with van der Waals surface area (Å²) in [6, 6.07) is 16.0. The van der Waals surface area contributed by atoms with Gasteiger partial charge in [0.05, 0.1) is 19.2 Å². The Bertz CT molecular complexity index is 1180. The fourth-order valence-corrected chi connectivity index (χ4v) is 3.47. The molecule has 0 spiro atoms. The number of hydrogen-bond acceptors (Lipinski definition) is 5. The number of rotatable bonds is 8. The average Bonchev–Trinajstić information content (AvgIpc) is 3.49. The first kappa shape index (κ1) is 21.4. The van der Waals surface area contributed by atoms with Gasteiger partial charge < -0.3 is 19.8 Å². The minimum absolute atomic E-state index is 0.0739. The molecule has 0 bridgehead atoms. The summed E-state index contributed by atoms with van der Waals surface area (Å²) in [4.78, 5) is 8.97. The van der Waals surface area contributed by atoms with Gasteiger partial charge in [-0.05, 0) is 44.5 Å². The molecule has 4 rings (SSSR count). The molecule has 0 saturated heterocycles. The molecule has 2 aromatic carbocycles. The molecule has 0 saturated carbocycles. The maximum atomic E-state index is 6.13. The summed E-state index contributed by atoms with van der Waals surface area (Å²) in [5, 5.41) is 14.6. The zero-order valence-electron chi connectivity index (χ0n) is 18.6. The van der Waals surface area contributed by atoms with Crippen LogP contribution in [0.15, 0.2) is 64.3 Å². The number of aromatic nitrogens is 3. The minimum atomic E-state index is -0.0739. The van der Waals surface area contributed by atoms with E-state index in [-0.39, 0.29) is 6.04 Å². The lowest BCUT2D eigenvalue weighted by Crippen LogP contribution is -2.38. The number of guanidine groups is 1. The lowest BCUT2D eigenvalue weighted by atomic mass is 10.1. The normalized spacial score (nSPS) is 12.7. The van der Waals surface area contributed by atoms with Crippen molar-refractivity contribution in [3.05, 3.63) is 66.2 Å². The third-order valence-corrected chi connectivity index (χ3v) is 4.99. The van der Waals surface area contributed by atoms with Crippen molar-refractivity contribution < 1.29 is 9.15 Å². The quantitative estimate of drug-likeness (QED) is 0.281. The summed E-state index contributed by atoms with van der Waals surface area (Å²) in [6.45, 7) is 7.94. The summed E-state index contributed by atoms with van der Waals surface area (Å²) in [7, 11) is 0. The molecule has 0 aliphatic carbocycles. The van der Waals surface area contributed by atoms with E-state index in [1.807, 2.05) is 56.3 Å². The van der Waals surface area contributed by atoms with E-state index in [9.17, 15) is 0 Å². The molecule has 1 unspecified atom stereocenters. The van der Waals surface area contributed by atoms with Gasteiger partial charge in [-0.15, -0.1) is 0 Å². The number of para-hydroxylation sites is 1.